The van der Waals surface area contributed by atoms with E-state index in [1.165, 1.54) is 4.31 Å². The van der Waals surface area contributed by atoms with Crippen molar-refractivity contribution in [1.82, 2.24) is 9.03 Å². The van der Waals surface area contributed by atoms with E-state index in [0.717, 1.165) is 0 Å². The Morgan fingerprint density at radius 3 is 2.43 bits per heavy atom. The van der Waals surface area contributed by atoms with E-state index in [1.807, 2.05) is 6.07 Å². The highest BCUT2D eigenvalue weighted by atomic mass is 32.2. The van der Waals surface area contributed by atoms with E-state index in [-0.39, 0.29) is 19.0 Å². The van der Waals surface area contributed by atoms with Crippen molar-refractivity contribution in [2.24, 2.45) is 0 Å². The molecule has 0 spiro atoms. The summed E-state index contributed by atoms with van der Waals surface area (Å²) in [6.07, 6.45) is 0.211. The number of rotatable bonds is 6. The van der Waals surface area contributed by atoms with E-state index >= 15 is 0 Å². The molecule has 0 heterocycles. The zero-order chi connectivity index (χ0) is 11.2. The van der Waals surface area contributed by atoms with Crippen LogP contribution in [-0.4, -0.2) is 31.9 Å². The molecule has 0 bridgehead atoms. The molecule has 6 heteroatoms. The molecule has 1 N–H and O–H groups in total. The summed E-state index contributed by atoms with van der Waals surface area (Å²) in [5.41, 5.74) is 0. The summed E-state index contributed by atoms with van der Waals surface area (Å²) in [6, 6.07) is 1.80. The molecule has 0 saturated carbocycles. The molecule has 0 aromatic heterocycles. The molecule has 0 fully saturated rings. The largest absolute Gasteiger partial charge is 0.279 e. The Labute approximate surface area is 85.9 Å². The number of nitrogens with zero attached hydrogens (tertiary/aromatic N) is 2. The quantitative estimate of drug-likeness (QED) is 0.705. The smallest absolute Gasteiger partial charge is 0.202 e. The van der Waals surface area contributed by atoms with Gasteiger partial charge in [0.1, 0.15) is 0 Å². The maximum atomic E-state index is 11.6. The normalized spacial score (nSPS) is 12.0. The summed E-state index contributed by atoms with van der Waals surface area (Å²) in [4.78, 5) is 0. The minimum absolute atomic E-state index is 0.132. The highest BCUT2D eigenvalue weighted by Crippen LogP contribution is 2.05. The first-order valence-corrected chi connectivity index (χ1v) is 6.03. The predicted molar refractivity (Wildman–Crippen MR) is 54.7 cm³/mol. The van der Waals surface area contributed by atoms with Crippen molar-refractivity contribution in [2.75, 3.05) is 13.1 Å². The van der Waals surface area contributed by atoms with Gasteiger partial charge in [0, 0.05) is 25.6 Å². The number of nitrogens with one attached hydrogen (secondary N) is 1. The van der Waals surface area contributed by atoms with E-state index in [0.29, 0.717) is 6.54 Å². The average molecular weight is 219 g/mol. The van der Waals surface area contributed by atoms with Gasteiger partial charge in [0.15, 0.2) is 0 Å². The van der Waals surface area contributed by atoms with Crippen molar-refractivity contribution >= 4 is 10.2 Å². The van der Waals surface area contributed by atoms with E-state index in [1.54, 1.807) is 20.8 Å². The fraction of sp³-hybridized carbons (Fsp3) is 0.875. The van der Waals surface area contributed by atoms with Gasteiger partial charge in [-0.1, -0.05) is 6.92 Å². The van der Waals surface area contributed by atoms with Crippen LogP contribution in [-0.2, 0) is 10.2 Å². The summed E-state index contributed by atoms with van der Waals surface area (Å²) in [7, 11) is -3.41. The first kappa shape index (κ1) is 13.4. The van der Waals surface area contributed by atoms with Crippen LogP contribution < -0.4 is 4.72 Å². The molecule has 0 aliphatic heterocycles. The highest BCUT2D eigenvalue weighted by molar-refractivity contribution is 7.87. The third-order valence-electron chi connectivity index (χ3n) is 1.66. The lowest BCUT2D eigenvalue weighted by Crippen LogP contribution is -2.44. The van der Waals surface area contributed by atoms with Crippen LogP contribution in [0.2, 0.25) is 0 Å². The summed E-state index contributed by atoms with van der Waals surface area (Å²) in [5.74, 6) is 0. The fourth-order valence-electron chi connectivity index (χ4n) is 1.08. The Hall–Kier alpha value is -0.640. The molecule has 82 valence electrons. The van der Waals surface area contributed by atoms with Crippen LogP contribution in [0.15, 0.2) is 0 Å². The molecule has 0 atom stereocenters. The molecular weight excluding hydrogens is 202 g/mol. The summed E-state index contributed by atoms with van der Waals surface area (Å²) in [6.45, 7) is 5.89. The monoisotopic (exact) mass is 219 g/mol. The van der Waals surface area contributed by atoms with E-state index in [4.69, 9.17) is 5.26 Å². The molecule has 0 aromatic carbocycles. The Bertz CT molecular complexity index is 292. The van der Waals surface area contributed by atoms with Gasteiger partial charge in [-0.3, -0.25) is 0 Å². The van der Waals surface area contributed by atoms with Crippen molar-refractivity contribution in [1.29, 1.82) is 5.26 Å². The Kier molecular flexibility index (Phi) is 5.69. The van der Waals surface area contributed by atoms with Crippen molar-refractivity contribution in [3.8, 4) is 6.07 Å². The SMILES string of the molecule is CCNS(=O)(=O)N(CCC#N)C(C)C. The van der Waals surface area contributed by atoms with Crippen LogP contribution in [0.3, 0.4) is 0 Å². The van der Waals surface area contributed by atoms with Crippen LogP contribution in [0, 0.1) is 11.3 Å². The fourth-order valence-corrected chi connectivity index (χ4v) is 2.50. The molecule has 0 aliphatic rings. The molecular formula is C8H17N3O2S. The molecule has 5 nitrogen and oxygen atoms in total. The number of hydrogen-bond acceptors (Lipinski definition) is 3. The van der Waals surface area contributed by atoms with Gasteiger partial charge in [-0.05, 0) is 13.8 Å². The van der Waals surface area contributed by atoms with E-state index in [2.05, 4.69) is 4.72 Å². The van der Waals surface area contributed by atoms with Gasteiger partial charge in [0.05, 0.1) is 6.07 Å². The van der Waals surface area contributed by atoms with Crippen LogP contribution >= 0.6 is 0 Å². The first-order chi connectivity index (χ1) is 6.45. The van der Waals surface area contributed by atoms with Gasteiger partial charge in [0.25, 0.3) is 10.2 Å². The van der Waals surface area contributed by atoms with E-state index < -0.39 is 10.2 Å². The summed E-state index contributed by atoms with van der Waals surface area (Å²) < 4.78 is 26.9. The van der Waals surface area contributed by atoms with Crippen molar-refractivity contribution in [3.05, 3.63) is 0 Å². The van der Waals surface area contributed by atoms with Gasteiger partial charge in [-0.15, -0.1) is 0 Å². The molecule has 0 amide bonds. The molecule has 0 aromatic rings. The topological polar surface area (TPSA) is 73.2 Å². The molecule has 0 saturated heterocycles. The lowest BCUT2D eigenvalue weighted by Gasteiger charge is -2.24. The maximum absolute atomic E-state index is 11.6. The third-order valence-corrected chi connectivity index (χ3v) is 3.53. The lowest BCUT2D eigenvalue weighted by molar-refractivity contribution is 0.355. The van der Waals surface area contributed by atoms with Gasteiger partial charge in [0.2, 0.25) is 0 Å². The zero-order valence-corrected chi connectivity index (χ0v) is 9.63. The summed E-state index contributed by atoms with van der Waals surface area (Å²) >= 11 is 0. The number of nitriles is 1. The van der Waals surface area contributed by atoms with Crippen molar-refractivity contribution < 1.29 is 8.42 Å². The van der Waals surface area contributed by atoms with Gasteiger partial charge in [-0.25, -0.2) is 4.72 Å². The first-order valence-electron chi connectivity index (χ1n) is 4.59. The Balaban J connectivity index is 4.58. The minimum Gasteiger partial charge on any atom is -0.202 e. The van der Waals surface area contributed by atoms with Gasteiger partial charge < -0.3 is 0 Å². The predicted octanol–water partition coefficient (Wildman–Crippen LogP) is 0.465. The van der Waals surface area contributed by atoms with Crippen LogP contribution in [0.4, 0.5) is 0 Å². The molecule has 0 radical (unpaired) electrons. The highest BCUT2D eigenvalue weighted by Gasteiger charge is 2.22. The van der Waals surface area contributed by atoms with Crippen LogP contribution in [0.5, 0.6) is 0 Å². The number of hydrogen-bond donors (Lipinski definition) is 1. The maximum Gasteiger partial charge on any atom is 0.279 e. The van der Waals surface area contributed by atoms with Crippen molar-refractivity contribution in [2.45, 2.75) is 33.2 Å². The molecule has 0 unspecified atom stereocenters. The molecule has 0 rings (SSSR count). The minimum atomic E-state index is -3.41. The average Bonchev–Trinajstić information content (AvgIpc) is 2.03. The second-order valence-corrected chi connectivity index (χ2v) is 4.82. The molecule has 14 heavy (non-hydrogen) atoms. The van der Waals surface area contributed by atoms with Crippen LogP contribution in [0.25, 0.3) is 0 Å². The van der Waals surface area contributed by atoms with E-state index in [9.17, 15) is 8.42 Å². The summed E-state index contributed by atoms with van der Waals surface area (Å²) in [5, 5.41) is 8.40. The molecule has 0 aliphatic carbocycles. The second kappa shape index (κ2) is 5.96. The Morgan fingerprint density at radius 1 is 1.50 bits per heavy atom. The Morgan fingerprint density at radius 2 is 2.07 bits per heavy atom. The van der Waals surface area contributed by atoms with Crippen molar-refractivity contribution in [3.63, 3.8) is 0 Å². The van der Waals surface area contributed by atoms with Gasteiger partial charge >= 0.3 is 0 Å². The second-order valence-electron chi connectivity index (χ2n) is 3.12. The lowest BCUT2D eigenvalue weighted by atomic mass is 10.3. The zero-order valence-electron chi connectivity index (χ0n) is 8.82. The third kappa shape index (κ3) is 4.05. The van der Waals surface area contributed by atoms with Crippen LogP contribution in [0.1, 0.15) is 27.2 Å². The van der Waals surface area contributed by atoms with Gasteiger partial charge in [-0.2, -0.15) is 18.0 Å². The standard InChI is InChI=1S/C8H17N3O2S/c1-4-10-14(12,13)11(8(2)3)7-5-6-9/h8,10H,4-5,7H2,1-3H3.